The van der Waals surface area contributed by atoms with Crippen molar-refractivity contribution >= 4 is 11.7 Å². The van der Waals surface area contributed by atoms with Gasteiger partial charge in [0, 0.05) is 25.2 Å². The Morgan fingerprint density at radius 3 is 1.97 bits per heavy atom. The molecule has 3 rings (SSSR count). The van der Waals surface area contributed by atoms with Gasteiger partial charge < -0.3 is 14.5 Å². The number of nitrogens with zero attached hydrogens (tertiary/aromatic N) is 3. The molecular formula is C21H18F7N3O2. The predicted octanol–water partition coefficient (Wildman–Crippen LogP) is 4.49. The molecule has 1 heterocycles. The number of aliphatic imine (C=N–C) groups is 1. The lowest BCUT2D eigenvalue weighted by molar-refractivity contribution is -0.311. The van der Waals surface area contributed by atoms with Crippen LogP contribution in [0.3, 0.4) is 0 Å². The number of halogens is 7. The van der Waals surface area contributed by atoms with Crippen LogP contribution >= 0.6 is 0 Å². The van der Waals surface area contributed by atoms with Crippen molar-refractivity contribution in [3.63, 3.8) is 0 Å². The minimum Gasteiger partial charge on any atom is -0.497 e. The van der Waals surface area contributed by atoms with Crippen LogP contribution in [0.1, 0.15) is 15.9 Å². The highest BCUT2D eigenvalue weighted by atomic mass is 19.4. The van der Waals surface area contributed by atoms with E-state index in [1.165, 1.54) is 31.4 Å². The highest BCUT2D eigenvalue weighted by Gasteiger charge is 2.79. The van der Waals surface area contributed by atoms with Gasteiger partial charge >= 0.3 is 12.4 Å². The molecule has 1 aliphatic heterocycles. The SMILES string of the molecule is COc1ccc(C(=O)N(C)C2N(C)C(c3ccc(F)cc3)=NC2(C(F)(F)F)C(F)(F)F)cc1. The van der Waals surface area contributed by atoms with Crippen LogP contribution in [0.5, 0.6) is 5.75 Å². The number of benzene rings is 2. The third-order valence-corrected chi connectivity index (χ3v) is 5.35. The summed E-state index contributed by atoms with van der Waals surface area (Å²) in [6.45, 7) is 0. The summed E-state index contributed by atoms with van der Waals surface area (Å²) in [5.41, 5.74) is -4.97. The van der Waals surface area contributed by atoms with Gasteiger partial charge in [0.1, 0.15) is 23.6 Å². The Hall–Kier alpha value is -3.31. The Balaban J connectivity index is 2.16. The number of methoxy groups -OCH3 is 1. The van der Waals surface area contributed by atoms with E-state index in [0.29, 0.717) is 15.5 Å². The molecule has 12 heteroatoms. The van der Waals surface area contributed by atoms with Crippen molar-refractivity contribution in [1.29, 1.82) is 0 Å². The zero-order valence-electron chi connectivity index (χ0n) is 17.5. The van der Waals surface area contributed by atoms with E-state index in [-0.39, 0.29) is 11.1 Å². The molecule has 0 aliphatic carbocycles. The summed E-state index contributed by atoms with van der Waals surface area (Å²) in [6.07, 6.45) is -14.4. The number of rotatable bonds is 4. The van der Waals surface area contributed by atoms with Crippen LogP contribution in [0, 0.1) is 5.82 Å². The second-order valence-corrected chi connectivity index (χ2v) is 7.33. The molecule has 1 atom stereocenters. The van der Waals surface area contributed by atoms with Gasteiger partial charge in [-0.25, -0.2) is 9.38 Å². The summed E-state index contributed by atoms with van der Waals surface area (Å²) >= 11 is 0. The topological polar surface area (TPSA) is 45.1 Å². The first kappa shape index (κ1) is 24.3. The number of ether oxygens (including phenoxy) is 1. The summed E-state index contributed by atoms with van der Waals surface area (Å²) in [4.78, 5) is 17.0. The molecule has 0 radical (unpaired) electrons. The monoisotopic (exact) mass is 477 g/mol. The summed E-state index contributed by atoms with van der Waals surface area (Å²) < 4.78 is 103. The Labute approximate surface area is 184 Å². The molecule has 0 N–H and O–H groups in total. The first-order valence-corrected chi connectivity index (χ1v) is 9.38. The normalized spacial score (nSPS) is 18.2. The first-order valence-electron chi connectivity index (χ1n) is 9.38. The van der Waals surface area contributed by atoms with Crippen molar-refractivity contribution in [1.82, 2.24) is 9.80 Å². The van der Waals surface area contributed by atoms with Gasteiger partial charge in [-0.2, -0.15) is 26.3 Å². The zero-order chi connectivity index (χ0) is 24.8. The molecule has 1 unspecified atom stereocenters. The van der Waals surface area contributed by atoms with E-state index < -0.39 is 41.6 Å². The van der Waals surface area contributed by atoms with Crippen molar-refractivity contribution in [2.24, 2.45) is 4.99 Å². The molecule has 33 heavy (non-hydrogen) atoms. The van der Waals surface area contributed by atoms with Crippen molar-refractivity contribution in [3.05, 3.63) is 65.5 Å². The van der Waals surface area contributed by atoms with Gasteiger partial charge in [0.25, 0.3) is 11.4 Å². The number of alkyl halides is 6. The molecule has 0 saturated carbocycles. The number of amides is 1. The van der Waals surface area contributed by atoms with Crippen LogP contribution in [0.25, 0.3) is 0 Å². The molecule has 5 nitrogen and oxygen atoms in total. The lowest BCUT2D eigenvalue weighted by Gasteiger charge is -2.42. The van der Waals surface area contributed by atoms with Gasteiger partial charge in [-0.05, 0) is 48.5 Å². The van der Waals surface area contributed by atoms with Gasteiger partial charge in [0.15, 0.2) is 0 Å². The lowest BCUT2D eigenvalue weighted by Crippen LogP contribution is -2.69. The summed E-state index contributed by atoms with van der Waals surface area (Å²) in [5.74, 6) is -2.18. The fraction of sp³-hybridized carbons (Fsp3) is 0.333. The van der Waals surface area contributed by atoms with Crippen LogP contribution in [0.4, 0.5) is 30.7 Å². The van der Waals surface area contributed by atoms with Crippen LogP contribution in [-0.2, 0) is 0 Å². The summed E-state index contributed by atoms with van der Waals surface area (Å²) in [6, 6.07) is 8.92. The zero-order valence-corrected chi connectivity index (χ0v) is 17.5. The fourth-order valence-electron chi connectivity index (χ4n) is 3.74. The molecule has 0 saturated heterocycles. The maximum atomic E-state index is 14.1. The number of carbonyl (C=O) groups excluding carboxylic acids is 1. The van der Waals surface area contributed by atoms with Crippen LogP contribution < -0.4 is 4.74 Å². The standard InChI is InChI=1S/C21H18F7N3O2/c1-30-16(12-4-8-14(22)9-5-12)29-19(20(23,24)25,21(26,27)28)18(30)31(2)17(32)13-6-10-15(33-3)11-7-13/h4-11,18H,1-3H3. The van der Waals surface area contributed by atoms with E-state index in [4.69, 9.17) is 4.74 Å². The maximum absolute atomic E-state index is 14.1. The van der Waals surface area contributed by atoms with E-state index >= 15 is 0 Å². The highest BCUT2D eigenvalue weighted by Crippen LogP contribution is 2.53. The van der Waals surface area contributed by atoms with E-state index in [2.05, 4.69) is 4.99 Å². The largest absolute Gasteiger partial charge is 0.497 e. The lowest BCUT2D eigenvalue weighted by atomic mass is 9.93. The van der Waals surface area contributed by atoms with E-state index in [1.807, 2.05) is 0 Å². The molecule has 0 spiro atoms. The minimum absolute atomic E-state index is 0.153. The first-order chi connectivity index (χ1) is 15.2. The Bertz CT molecular complexity index is 1030. The molecule has 178 valence electrons. The molecule has 2 aromatic rings. The number of carbonyl (C=O) groups is 1. The van der Waals surface area contributed by atoms with Crippen LogP contribution in [-0.4, -0.2) is 66.8 Å². The van der Waals surface area contributed by atoms with Gasteiger partial charge in [-0.15, -0.1) is 0 Å². The molecule has 0 fully saturated rings. The van der Waals surface area contributed by atoms with Gasteiger partial charge in [0.2, 0.25) is 0 Å². The fourth-order valence-corrected chi connectivity index (χ4v) is 3.74. The molecule has 2 aromatic carbocycles. The van der Waals surface area contributed by atoms with E-state index in [9.17, 15) is 35.5 Å². The second-order valence-electron chi connectivity index (χ2n) is 7.33. The van der Waals surface area contributed by atoms with Gasteiger partial charge in [-0.3, -0.25) is 4.79 Å². The van der Waals surface area contributed by atoms with Gasteiger partial charge in [-0.1, -0.05) is 0 Å². The summed E-state index contributed by atoms with van der Waals surface area (Å²) in [7, 11) is 3.15. The van der Waals surface area contributed by atoms with E-state index in [1.54, 1.807) is 0 Å². The Morgan fingerprint density at radius 1 is 1.00 bits per heavy atom. The average Bonchev–Trinajstić information content (AvgIpc) is 3.07. The van der Waals surface area contributed by atoms with Crippen LogP contribution in [0.2, 0.25) is 0 Å². The number of amidine groups is 1. The number of hydrogen-bond acceptors (Lipinski definition) is 4. The third kappa shape index (κ3) is 3.98. The van der Waals surface area contributed by atoms with Crippen molar-refractivity contribution < 1.29 is 40.3 Å². The quantitative estimate of drug-likeness (QED) is 0.610. The minimum atomic E-state index is -5.92. The van der Waals surface area contributed by atoms with Crippen molar-refractivity contribution in [3.8, 4) is 5.75 Å². The molecule has 0 aromatic heterocycles. The number of likely N-dealkylation sites (N-methyl/N-ethyl adjacent to an activating group) is 2. The average molecular weight is 477 g/mol. The second kappa shape index (κ2) is 8.23. The smallest absolute Gasteiger partial charge is 0.426 e. The molecular weight excluding hydrogens is 459 g/mol. The third-order valence-electron chi connectivity index (χ3n) is 5.35. The van der Waals surface area contributed by atoms with E-state index in [0.717, 1.165) is 38.4 Å². The van der Waals surface area contributed by atoms with Crippen LogP contribution in [0.15, 0.2) is 53.5 Å². The molecule has 1 aliphatic rings. The van der Waals surface area contributed by atoms with Gasteiger partial charge in [0.05, 0.1) is 7.11 Å². The Kier molecular flexibility index (Phi) is 6.07. The number of hydrogen-bond donors (Lipinski definition) is 0. The van der Waals surface area contributed by atoms with Crippen molar-refractivity contribution in [2.75, 3.05) is 21.2 Å². The Morgan fingerprint density at radius 2 is 1.52 bits per heavy atom. The maximum Gasteiger partial charge on any atom is 0.426 e. The van der Waals surface area contributed by atoms with Crippen molar-refractivity contribution in [2.45, 2.75) is 24.1 Å². The predicted molar refractivity (Wildman–Crippen MR) is 104 cm³/mol. The highest BCUT2D eigenvalue weighted by molar-refractivity contribution is 6.02. The summed E-state index contributed by atoms with van der Waals surface area (Å²) in [5, 5.41) is 0. The molecule has 1 amide bonds. The molecule has 0 bridgehead atoms.